The Balaban J connectivity index is 1.57. The lowest BCUT2D eigenvalue weighted by Crippen LogP contribution is -2.21. The zero-order chi connectivity index (χ0) is 21.1. The Hall–Kier alpha value is -2.79. The normalized spacial score (nSPS) is 19.4. The van der Waals surface area contributed by atoms with Crippen LogP contribution in [0.3, 0.4) is 0 Å². The highest BCUT2D eigenvalue weighted by Gasteiger charge is 2.19. The van der Waals surface area contributed by atoms with Gasteiger partial charge in [0, 0.05) is 17.6 Å². The van der Waals surface area contributed by atoms with Crippen molar-refractivity contribution in [3.8, 4) is 11.5 Å². The molecule has 5 heteroatoms. The molecule has 2 atom stereocenters. The van der Waals surface area contributed by atoms with Crippen LogP contribution in [0.1, 0.15) is 43.2 Å². The number of pyridine rings is 1. The van der Waals surface area contributed by atoms with Crippen molar-refractivity contribution in [2.24, 2.45) is 5.73 Å². The van der Waals surface area contributed by atoms with Crippen molar-refractivity contribution in [3.63, 3.8) is 0 Å². The van der Waals surface area contributed by atoms with Gasteiger partial charge in [0.1, 0.15) is 11.5 Å². The molecular weight excluding hydrogens is 376 g/mol. The van der Waals surface area contributed by atoms with Crippen LogP contribution in [-0.4, -0.2) is 23.8 Å². The Kier molecular flexibility index (Phi) is 6.09. The molecule has 158 valence electrons. The van der Waals surface area contributed by atoms with Crippen LogP contribution in [0.25, 0.3) is 10.8 Å². The standard InChI is InChI=1S/C25H30N2O3/c1-17-14-23-19(15-24(17)30-22-5-3-4-20(26)8-11-22)12-13-27(25(23)28)16-18-6-9-21(29-2)10-7-18/h6-7,9-10,12-15,20,22H,3-5,8,11,16,26H2,1-2H3/t20-,22+/m1/s1. The largest absolute Gasteiger partial charge is 0.497 e. The third-order valence-corrected chi connectivity index (χ3v) is 6.04. The van der Waals surface area contributed by atoms with Crippen LogP contribution in [0.2, 0.25) is 0 Å². The van der Waals surface area contributed by atoms with E-state index in [-0.39, 0.29) is 11.7 Å². The number of methoxy groups -OCH3 is 1. The molecule has 1 aromatic heterocycles. The minimum atomic E-state index is 0.0124. The second-order valence-corrected chi connectivity index (χ2v) is 8.31. The highest BCUT2D eigenvalue weighted by atomic mass is 16.5. The number of benzene rings is 2. The van der Waals surface area contributed by atoms with Crippen LogP contribution in [0.15, 0.2) is 53.5 Å². The summed E-state index contributed by atoms with van der Waals surface area (Å²) in [6.07, 6.45) is 7.27. The average molecular weight is 407 g/mol. The van der Waals surface area contributed by atoms with Crippen molar-refractivity contribution in [1.82, 2.24) is 4.57 Å². The quantitative estimate of drug-likeness (QED) is 0.638. The lowest BCUT2D eigenvalue weighted by atomic mass is 10.1. The number of ether oxygens (including phenoxy) is 2. The Morgan fingerprint density at radius 2 is 1.87 bits per heavy atom. The highest BCUT2D eigenvalue weighted by molar-refractivity contribution is 5.84. The van der Waals surface area contributed by atoms with E-state index in [0.717, 1.165) is 65.5 Å². The summed E-state index contributed by atoms with van der Waals surface area (Å²) in [6, 6.07) is 14.0. The van der Waals surface area contributed by atoms with E-state index >= 15 is 0 Å². The van der Waals surface area contributed by atoms with Crippen molar-refractivity contribution in [2.75, 3.05) is 7.11 Å². The van der Waals surface area contributed by atoms with Gasteiger partial charge in [-0.1, -0.05) is 12.1 Å². The van der Waals surface area contributed by atoms with Gasteiger partial charge in [-0.25, -0.2) is 0 Å². The highest BCUT2D eigenvalue weighted by Crippen LogP contribution is 2.28. The second kappa shape index (κ2) is 8.92. The minimum absolute atomic E-state index is 0.0124. The van der Waals surface area contributed by atoms with E-state index < -0.39 is 0 Å². The molecule has 0 saturated heterocycles. The minimum Gasteiger partial charge on any atom is -0.497 e. The van der Waals surface area contributed by atoms with Gasteiger partial charge in [-0.3, -0.25) is 4.79 Å². The molecule has 1 saturated carbocycles. The fourth-order valence-corrected chi connectivity index (χ4v) is 4.19. The van der Waals surface area contributed by atoms with Gasteiger partial charge in [0.25, 0.3) is 5.56 Å². The fraction of sp³-hybridized carbons (Fsp3) is 0.400. The smallest absolute Gasteiger partial charge is 0.258 e. The number of aryl methyl sites for hydroxylation is 1. The lowest BCUT2D eigenvalue weighted by molar-refractivity contribution is 0.182. The summed E-state index contributed by atoms with van der Waals surface area (Å²) >= 11 is 0. The molecule has 5 nitrogen and oxygen atoms in total. The molecule has 0 amide bonds. The van der Waals surface area contributed by atoms with E-state index in [1.165, 1.54) is 0 Å². The van der Waals surface area contributed by atoms with Crippen molar-refractivity contribution in [1.29, 1.82) is 0 Å². The van der Waals surface area contributed by atoms with Crippen molar-refractivity contribution >= 4 is 10.8 Å². The molecule has 0 aliphatic heterocycles. The first-order chi connectivity index (χ1) is 14.5. The molecule has 2 N–H and O–H groups in total. The predicted molar refractivity (Wildman–Crippen MR) is 121 cm³/mol. The molecule has 0 bridgehead atoms. The molecular formula is C25H30N2O3. The number of hydrogen-bond acceptors (Lipinski definition) is 4. The molecule has 0 unspecified atom stereocenters. The van der Waals surface area contributed by atoms with Crippen molar-refractivity contribution in [3.05, 3.63) is 70.1 Å². The Morgan fingerprint density at radius 1 is 1.07 bits per heavy atom. The average Bonchev–Trinajstić information content (AvgIpc) is 2.96. The zero-order valence-corrected chi connectivity index (χ0v) is 17.8. The van der Waals surface area contributed by atoms with Crippen LogP contribution in [0.4, 0.5) is 0 Å². The van der Waals surface area contributed by atoms with Crippen molar-refractivity contribution in [2.45, 2.75) is 57.7 Å². The molecule has 1 fully saturated rings. The third-order valence-electron chi connectivity index (χ3n) is 6.04. The summed E-state index contributed by atoms with van der Waals surface area (Å²) in [4.78, 5) is 13.1. The van der Waals surface area contributed by atoms with Gasteiger partial charge in [-0.05, 0) is 85.9 Å². The van der Waals surface area contributed by atoms with Crippen LogP contribution in [0, 0.1) is 6.92 Å². The molecule has 4 rings (SSSR count). The Morgan fingerprint density at radius 3 is 2.63 bits per heavy atom. The molecule has 0 spiro atoms. The first-order valence-corrected chi connectivity index (χ1v) is 10.7. The number of aromatic nitrogens is 1. The van der Waals surface area contributed by atoms with Gasteiger partial charge in [0.2, 0.25) is 0 Å². The predicted octanol–water partition coefficient (Wildman–Crippen LogP) is 4.41. The van der Waals surface area contributed by atoms with E-state index in [9.17, 15) is 4.79 Å². The maximum absolute atomic E-state index is 13.1. The molecule has 0 radical (unpaired) electrons. The fourth-order valence-electron chi connectivity index (χ4n) is 4.19. The zero-order valence-electron chi connectivity index (χ0n) is 17.8. The number of rotatable bonds is 5. The van der Waals surface area contributed by atoms with Crippen LogP contribution in [0.5, 0.6) is 11.5 Å². The van der Waals surface area contributed by atoms with E-state index in [4.69, 9.17) is 15.2 Å². The first-order valence-electron chi connectivity index (χ1n) is 10.7. The van der Waals surface area contributed by atoms with E-state index in [1.54, 1.807) is 11.7 Å². The van der Waals surface area contributed by atoms with E-state index in [1.807, 2.05) is 55.6 Å². The van der Waals surface area contributed by atoms with Crippen LogP contribution < -0.4 is 20.8 Å². The molecule has 2 aromatic carbocycles. The summed E-state index contributed by atoms with van der Waals surface area (Å²) in [7, 11) is 1.65. The summed E-state index contributed by atoms with van der Waals surface area (Å²) in [5.74, 6) is 1.68. The third kappa shape index (κ3) is 4.51. The summed E-state index contributed by atoms with van der Waals surface area (Å²) < 4.78 is 13.3. The summed E-state index contributed by atoms with van der Waals surface area (Å²) in [5, 5.41) is 1.63. The summed E-state index contributed by atoms with van der Waals surface area (Å²) in [5.41, 5.74) is 8.16. The maximum atomic E-state index is 13.1. The monoisotopic (exact) mass is 406 g/mol. The lowest BCUT2D eigenvalue weighted by Gasteiger charge is -2.19. The van der Waals surface area contributed by atoms with Gasteiger partial charge in [-0.15, -0.1) is 0 Å². The molecule has 1 heterocycles. The van der Waals surface area contributed by atoms with E-state index in [0.29, 0.717) is 12.6 Å². The topological polar surface area (TPSA) is 66.5 Å². The van der Waals surface area contributed by atoms with Gasteiger partial charge in [0.05, 0.1) is 19.8 Å². The Bertz CT molecular complexity index is 1070. The van der Waals surface area contributed by atoms with Crippen LogP contribution >= 0.6 is 0 Å². The number of nitrogens with zero attached hydrogens (tertiary/aromatic N) is 1. The number of fused-ring (bicyclic) bond motifs is 1. The Labute approximate surface area is 177 Å². The maximum Gasteiger partial charge on any atom is 0.258 e. The van der Waals surface area contributed by atoms with Crippen molar-refractivity contribution < 1.29 is 9.47 Å². The first kappa shape index (κ1) is 20.5. The van der Waals surface area contributed by atoms with Gasteiger partial charge in [-0.2, -0.15) is 0 Å². The molecule has 3 aromatic rings. The molecule has 1 aliphatic rings. The number of nitrogens with two attached hydrogens (primary N) is 1. The van der Waals surface area contributed by atoms with Gasteiger partial charge >= 0.3 is 0 Å². The van der Waals surface area contributed by atoms with Crippen LogP contribution in [-0.2, 0) is 6.54 Å². The molecule has 1 aliphatic carbocycles. The molecule has 30 heavy (non-hydrogen) atoms. The SMILES string of the molecule is COc1ccc(Cn2ccc3cc(O[C@H]4CCC[C@@H](N)CC4)c(C)cc3c2=O)cc1. The summed E-state index contributed by atoms with van der Waals surface area (Å²) in [6.45, 7) is 2.54. The second-order valence-electron chi connectivity index (χ2n) is 8.31. The van der Waals surface area contributed by atoms with Gasteiger partial charge < -0.3 is 19.8 Å². The van der Waals surface area contributed by atoms with Gasteiger partial charge in [0.15, 0.2) is 0 Å². The number of hydrogen-bond donors (Lipinski definition) is 1. The van der Waals surface area contributed by atoms with E-state index in [2.05, 4.69) is 0 Å².